The third-order valence-corrected chi connectivity index (χ3v) is 2.80. The van der Waals surface area contributed by atoms with Crippen molar-refractivity contribution in [3.8, 4) is 0 Å². The molecule has 0 aliphatic carbocycles. The van der Waals surface area contributed by atoms with Gasteiger partial charge in [-0.15, -0.1) is 0 Å². The first kappa shape index (κ1) is 11.8. The number of hydrogen-bond donors (Lipinski definition) is 2. The first-order valence-electron chi connectivity index (χ1n) is 4.10. The second-order valence-corrected chi connectivity index (χ2v) is 3.89. The Labute approximate surface area is 77.2 Å². The lowest BCUT2D eigenvalue weighted by Crippen LogP contribution is -2.12. The number of unbranched alkanes of at least 4 members (excludes halogenated alkanes) is 1. The van der Waals surface area contributed by atoms with Crippen molar-refractivity contribution in [2.75, 3.05) is 18.1 Å². The standard InChI is InChI=1S/C8H16O3S/c1-7(8(10)11)6-12-5-3-2-4-9/h7,9H,2-6H2,1H3,(H,10,11). The van der Waals surface area contributed by atoms with Gasteiger partial charge in [-0.2, -0.15) is 11.8 Å². The molecule has 2 N–H and O–H groups in total. The molecule has 0 aromatic heterocycles. The van der Waals surface area contributed by atoms with Crippen LogP contribution in [0.5, 0.6) is 0 Å². The fourth-order valence-electron chi connectivity index (χ4n) is 0.647. The molecule has 0 spiro atoms. The van der Waals surface area contributed by atoms with Crippen LogP contribution in [0.3, 0.4) is 0 Å². The highest BCUT2D eigenvalue weighted by atomic mass is 32.2. The Kier molecular flexibility index (Phi) is 7.29. The zero-order chi connectivity index (χ0) is 9.40. The molecule has 0 aliphatic rings. The van der Waals surface area contributed by atoms with E-state index in [1.54, 1.807) is 18.7 Å². The Bertz CT molecular complexity index is 127. The number of rotatable bonds is 7. The molecule has 0 aromatic carbocycles. The van der Waals surface area contributed by atoms with Gasteiger partial charge in [0.15, 0.2) is 0 Å². The minimum absolute atomic E-state index is 0.231. The zero-order valence-corrected chi connectivity index (χ0v) is 8.14. The number of hydrogen-bond acceptors (Lipinski definition) is 3. The molecule has 1 unspecified atom stereocenters. The Morgan fingerprint density at radius 1 is 1.50 bits per heavy atom. The van der Waals surface area contributed by atoms with E-state index >= 15 is 0 Å². The number of carbonyl (C=O) groups is 1. The molecule has 0 bridgehead atoms. The summed E-state index contributed by atoms with van der Waals surface area (Å²) in [6.07, 6.45) is 1.78. The van der Waals surface area contributed by atoms with E-state index in [4.69, 9.17) is 10.2 Å². The number of aliphatic hydroxyl groups is 1. The smallest absolute Gasteiger partial charge is 0.307 e. The molecule has 0 aromatic rings. The van der Waals surface area contributed by atoms with Crippen LogP contribution in [0.15, 0.2) is 0 Å². The first-order chi connectivity index (χ1) is 5.68. The predicted molar refractivity (Wildman–Crippen MR) is 50.4 cm³/mol. The van der Waals surface area contributed by atoms with E-state index < -0.39 is 5.97 Å². The van der Waals surface area contributed by atoms with E-state index in [9.17, 15) is 4.79 Å². The summed E-state index contributed by atoms with van der Waals surface area (Å²) in [5.74, 6) is 0.618. The normalized spacial score (nSPS) is 12.8. The molecule has 3 nitrogen and oxygen atoms in total. The average Bonchev–Trinajstić information content (AvgIpc) is 2.03. The van der Waals surface area contributed by atoms with Crippen molar-refractivity contribution in [3.05, 3.63) is 0 Å². The van der Waals surface area contributed by atoms with Crippen molar-refractivity contribution < 1.29 is 15.0 Å². The van der Waals surface area contributed by atoms with Gasteiger partial charge in [0.1, 0.15) is 0 Å². The SMILES string of the molecule is CC(CSCCCCO)C(=O)O. The topological polar surface area (TPSA) is 57.5 Å². The molecule has 72 valence electrons. The summed E-state index contributed by atoms with van der Waals surface area (Å²) in [5, 5.41) is 17.0. The summed E-state index contributed by atoms with van der Waals surface area (Å²) < 4.78 is 0. The lowest BCUT2D eigenvalue weighted by molar-refractivity contribution is -0.140. The van der Waals surface area contributed by atoms with Crippen LogP contribution in [0.25, 0.3) is 0 Å². The number of carboxylic acid groups (broad SMARTS) is 1. The summed E-state index contributed by atoms with van der Waals surface area (Å²) in [6.45, 7) is 1.94. The molecule has 12 heavy (non-hydrogen) atoms. The lowest BCUT2D eigenvalue weighted by Gasteiger charge is -2.04. The first-order valence-corrected chi connectivity index (χ1v) is 5.25. The van der Waals surface area contributed by atoms with Crippen LogP contribution in [0.4, 0.5) is 0 Å². The number of aliphatic carboxylic acids is 1. The molecule has 0 radical (unpaired) electrons. The molecule has 0 heterocycles. The summed E-state index contributed by atoms with van der Waals surface area (Å²) >= 11 is 1.64. The van der Waals surface area contributed by atoms with Gasteiger partial charge in [0.05, 0.1) is 5.92 Å². The predicted octanol–water partition coefficient (Wildman–Crippen LogP) is 1.21. The number of aliphatic hydroxyl groups excluding tert-OH is 1. The van der Waals surface area contributed by atoms with E-state index in [1.807, 2.05) is 0 Å². The highest BCUT2D eigenvalue weighted by Gasteiger charge is 2.09. The van der Waals surface area contributed by atoms with Gasteiger partial charge < -0.3 is 10.2 Å². The summed E-state index contributed by atoms with van der Waals surface area (Å²) in [5.41, 5.74) is 0. The van der Waals surface area contributed by atoms with Crippen molar-refractivity contribution in [1.29, 1.82) is 0 Å². The minimum atomic E-state index is -0.732. The maximum absolute atomic E-state index is 10.4. The molecule has 4 heteroatoms. The van der Waals surface area contributed by atoms with Gasteiger partial charge in [-0.3, -0.25) is 4.79 Å². The maximum Gasteiger partial charge on any atom is 0.307 e. The fourth-order valence-corrected chi connectivity index (χ4v) is 1.72. The summed E-state index contributed by atoms with van der Waals surface area (Å²) in [4.78, 5) is 10.4. The highest BCUT2D eigenvalue weighted by molar-refractivity contribution is 7.99. The Hall–Kier alpha value is -0.220. The lowest BCUT2D eigenvalue weighted by atomic mass is 10.2. The van der Waals surface area contributed by atoms with Crippen molar-refractivity contribution in [3.63, 3.8) is 0 Å². The molecule has 0 saturated carbocycles. The van der Waals surface area contributed by atoms with Crippen LogP contribution in [0, 0.1) is 5.92 Å². The van der Waals surface area contributed by atoms with Crippen LogP contribution < -0.4 is 0 Å². The van der Waals surface area contributed by atoms with E-state index in [-0.39, 0.29) is 12.5 Å². The minimum Gasteiger partial charge on any atom is -0.481 e. The third-order valence-electron chi connectivity index (χ3n) is 1.49. The third kappa shape index (κ3) is 6.49. The number of carboxylic acids is 1. The fraction of sp³-hybridized carbons (Fsp3) is 0.875. The van der Waals surface area contributed by atoms with Gasteiger partial charge in [-0.1, -0.05) is 6.92 Å². The van der Waals surface area contributed by atoms with E-state index in [0.29, 0.717) is 5.75 Å². The maximum atomic E-state index is 10.4. The highest BCUT2D eigenvalue weighted by Crippen LogP contribution is 2.10. The molecule has 0 rings (SSSR count). The van der Waals surface area contributed by atoms with Crippen LogP contribution in [0.1, 0.15) is 19.8 Å². The molecular formula is C8H16O3S. The van der Waals surface area contributed by atoms with Gasteiger partial charge in [0.25, 0.3) is 0 Å². The van der Waals surface area contributed by atoms with Crippen molar-refractivity contribution in [2.24, 2.45) is 5.92 Å². The second kappa shape index (κ2) is 7.43. The van der Waals surface area contributed by atoms with Crippen LogP contribution >= 0.6 is 11.8 Å². The quantitative estimate of drug-likeness (QED) is 0.595. The van der Waals surface area contributed by atoms with Gasteiger partial charge in [0, 0.05) is 12.4 Å². The average molecular weight is 192 g/mol. The van der Waals surface area contributed by atoms with Crippen LogP contribution in [-0.4, -0.2) is 34.3 Å². The monoisotopic (exact) mass is 192 g/mol. The van der Waals surface area contributed by atoms with Crippen molar-refractivity contribution in [2.45, 2.75) is 19.8 Å². The zero-order valence-electron chi connectivity index (χ0n) is 7.32. The Balaban J connectivity index is 3.14. The van der Waals surface area contributed by atoms with Gasteiger partial charge >= 0.3 is 5.97 Å². The summed E-state index contributed by atoms with van der Waals surface area (Å²) in [6, 6.07) is 0. The van der Waals surface area contributed by atoms with Crippen molar-refractivity contribution in [1.82, 2.24) is 0 Å². The largest absolute Gasteiger partial charge is 0.481 e. The molecule has 0 aliphatic heterocycles. The Morgan fingerprint density at radius 2 is 2.17 bits per heavy atom. The van der Waals surface area contributed by atoms with Gasteiger partial charge in [0.2, 0.25) is 0 Å². The Morgan fingerprint density at radius 3 is 2.67 bits per heavy atom. The van der Waals surface area contributed by atoms with Crippen molar-refractivity contribution >= 4 is 17.7 Å². The summed E-state index contributed by atoms with van der Waals surface area (Å²) in [7, 11) is 0. The van der Waals surface area contributed by atoms with E-state index in [2.05, 4.69) is 0 Å². The molecule has 0 fully saturated rings. The second-order valence-electron chi connectivity index (χ2n) is 2.74. The van der Waals surface area contributed by atoms with Gasteiger partial charge in [-0.25, -0.2) is 0 Å². The van der Waals surface area contributed by atoms with E-state index in [0.717, 1.165) is 18.6 Å². The molecule has 1 atom stereocenters. The van der Waals surface area contributed by atoms with Crippen LogP contribution in [0.2, 0.25) is 0 Å². The number of thioether (sulfide) groups is 1. The van der Waals surface area contributed by atoms with Gasteiger partial charge in [-0.05, 0) is 18.6 Å². The van der Waals surface area contributed by atoms with Crippen LogP contribution in [-0.2, 0) is 4.79 Å². The molecule has 0 amide bonds. The molecule has 0 saturated heterocycles. The molecular weight excluding hydrogens is 176 g/mol. The van der Waals surface area contributed by atoms with E-state index in [1.165, 1.54) is 0 Å².